The van der Waals surface area contributed by atoms with E-state index in [1.165, 1.54) is 87.8 Å². The summed E-state index contributed by atoms with van der Waals surface area (Å²) in [4.78, 5) is 0. The molecule has 2 rings (SSSR count). The van der Waals surface area contributed by atoms with Gasteiger partial charge in [-0.3, -0.25) is 0 Å². The average Bonchev–Trinajstić information content (AvgIpc) is 2.62. The zero-order valence-electron chi connectivity index (χ0n) is 15.9. The first-order valence-corrected chi connectivity index (χ1v) is 10.4. The fourth-order valence-corrected chi connectivity index (χ4v) is 3.73. The Balaban J connectivity index is 2.03. The van der Waals surface area contributed by atoms with Crippen LogP contribution in [0.15, 0.2) is 36.4 Å². The fraction of sp³-hybridized carbons (Fsp3) is 0.583. The maximum absolute atomic E-state index is 2.41. The monoisotopic (exact) mass is 324 g/mol. The Morgan fingerprint density at radius 1 is 0.583 bits per heavy atom. The standard InChI is InChI=1S/C24H36/c1-3-5-7-9-11-15-21-19-20-22-16-13-14-18-24(22)23(21)17-12-10-8-6-4-2/h13-14,16,18-20H,3-12,15,17H2,1-2H3. The number of aryl methyl sites for hydroxylation is 2. The van der Waals surface area contributed by atoms with Crippen LogP contribution in [-0.2, 0) is 12.8 Å². The van der Waals surface area contributed by atoms with E-state index < -0.39 is 0 Å². The van der Waals surface area contributed by atoms with Gasteiger partial charge < -0.3 is 0 Å². The summed E-state index contributed by atoms with van der Waals surface area (Å²) in [7, 11) is 0. The summed E-state index contributed by atoms with van der Waals surface area (Å²) in [6, 6.07) is 13.7. The van der Waals surface area contributed by atoms with Crippen LogP contribution in [0.3, 0.4) is 0 Å². The second kappa shape index (κ2) is 11.3. The van der Waals surface area contributed by atoms with Crippen molar-refractivity contribution in [1.29, 1.82) is 0 Å². The topological polar surface area (TPSA) is 0 Å². The highest BCUT2D eigenvalue weighted by Crippen LogP contribution is 2.26. The van der Waals surface area contributed by atoms with Crippen molar-refractivity contribution in [1.82, 2.24) is 0 Å². The molecular weight excluding hydrogens is 288 g/mol. The minimum atomic E-state index is 1.26. The Kier molecular flexibility index (Phi) is 8.95. The summed E-state index contributed by atoms with van der Waals surface area (Å²) in [6.45, 7) is 4.58. The Morgan fingerprint density at radius 3 is 1.92 bits per heavy atom. The van der Waals surface area contributed by atoms with Gasteiger partial charge in [0.15, 0.2) is 0 Å². The highest BCUT2D eigenvalue weighted by atomic mass is 14.1. The second-order valence-electron chi connectivity index (χ2n) is 7.25. The molecule has 2 aromatic carbocycles. The first-order valence-electron chi connectivity index (χ1n) is 10.4. The normalized spacial score (nSPS) is 11.2. The Morgan fingerprint density at radius 2 is 1.21 bits per heavy atom. The van der Waals surface area contributed by atoms with Crippen molar-refractivity contribution >= 4 is 10.8 Å². The molecule has 0 unspecified atom stereocenters. The molecule has 0 nitrogen and oxygen atoms in total. The van der Waals surface area contributed by atoms with Crippen molar-refractivity contribution in [2.75, 3.05) is 0 Å². The van der Waals surface area contributed by atoms with Gasteiger partial charge in [0.25, 0.3) is 0 Å². The van der Waals surface area contributed by atoms with Crippen LogP contribution >= 0.6 is 0 Å². The minimum Gasteiger partial charge on any atom is -0.0654 e. The zero-order valence-corrected chi connectivity index (χ0v) is 15.9. The van der Waals surface area contributed by atoms with Crippen LogP contribution < -0.4 is 0 Å². The van der Waals surface area contributed by atoms with Gasteiger partial charge in [0.1, 0.15) is 0 Å². The van der Waals surface area contributed by atoms with E-state index in [1.54, 1.807) is 11.1 Å². The summed E-state index contributed by atoms with van der Waals surface area (Å²) >= 11 is 0. The molecule has 0 aliphatic heterocycles. The van der Waals surface area contributed by atoms with Crippen molar-refractivity contribution in [2.24, 2.45) is 0 Å². The molecule has 0 radical (unpaired) electrons. The van der Waals surface area contributed by atoms with Crippen LogP contribution in [0, 0.1) is 0 Å². The molecule has 24 heavy (non-hydrogen) atoms. The predicted molar refractivity (Wildman–Crippen MR) is 109 cm³/mol. The molecule has 2 aromatic rings. The highest BCUT2D eigenvalue weighted by Gasteiger charge is 2.07. The minimum absolute atomic E-state index is 1.26. The van der Waals surface area contributed by atoms with Gasteiger partial charge in [0.2, 0.25) is 0 Å². The van der Waals surface area contributed by atoms with E-state index in [1.807, 2.05) is 0 Å². The van der Waals surface area contributed by atoms with E-state index in [4.69, 9.17) is 0 Å². The van der Waals surface area contributed by atoms with Gasteiger partial charge in [-0.15, -0.1) is 0 Å². The molecule has 0 saturated heterocycles. The Labute approximate surface area is 149 Å². The third-order valence-corrected chi connectivity index (χ3v) is 5.22. The lowest BCUT2D eigenvalue weighted by Gasteiger charge is -2.13. The van der Waals surface area contributed by atoms with E-state index in [2.05, 4.69) is 50.2 Å². The molecule has 0 bridgehead atoms. The molecule has 0 amide bonds. The van der Waals surface area contributed by atoms with E-state index in [0.29, 0.717) is 0 Å². The van der Waals surface area contributed by atoms with Gasteiger partial charge >= 0.3 is 0 Å². The number of hydrogen-bond donors (Lipinski definition) is 0. The maximum atomic E-state index is 2.41. The average molecular weight is 325 g/mol. The van der Waals surface area contributed by atoms with E-state index in [-0.39, 0.29) is 0 Å². The molecule has 0 aliphatic carbocycles. The van der Waals surface area contributed by atoms with Crippen LogP contribution in [0.1, 0.15) is 89.2 Å². The number of unbranched alkanes of at least 4 members (excludes halogenated alkanes) is 8. The third-order valence-electron chi connectivity index (χ3n) is 5.22. The summed E-state index contributed by atoms with van der Waals surface area (Å²) in [5.74, 6) is 0. The van der Waals surface area contributed by atoms with Crippen molar-refractivity contribution in [2.45, 2.75) is 90.9 Å². The Bertz CT molecular complexity index is 582. The predicted octanol–water partition coefficient (Wildman–Crippen LogP) is 7.87. The molecule has 0 aliphatic rings. The summed E-state index contributed by atoms with van der Waals surface area (Å²) in [5.41, 5.74) is 3.25. The number of rotatable bonds is 12. The lowest BCUT2D eigenvalue weighted by atomic mass is 9.91. The molecule has 0 spiro atoms. The number of fused-ring (bicyclic) bond motifs is 1. The van der Waals surface area contributed by atoms with Gasteiger partial charge in [-0.1, -0.05) is 102 Å². The molecule has 132 valence electrons. The van der Waals surface area contributed by atoms with Gasteiger partial charge in [-0.05, 0) is 47.6 Å². The van der Waals surface area contributed by atoms with Gasteiger partial charge in [-0.25, -0.2) is 0 Å². The molecule has 0 atom stereocenters. The van der Waals surface area contributed by atoms with Gasteiger partial charge in [-0.2, -0.15) is 0 Å². The van der Waals surface area contributed by atoms with Crippen molar-refractivity contribution in [3.63, 3.8) is 0 Å². The fourth-order valence-electron chi connectivity index (χ4n) is 3.73. The molecule has 0 saturated carbocycles. The summed E-state index contributed by atoms with van der Waals surface area (Å²) in [5, 5.41) is 2.91. The van der Waals surface area contributed by atoms with E-state index >= 15 is 0 Å². The molecule has 0 N–H and O–H groups in total. The third kappa shape index (κ3) is 5.96. The Hall–Kier alpha value is -1.30. The lowest BCUT2D eigenvalue weighted by molar-refractivity contribution is 0.622. The van der Waals surface area contributed by atoms with Crippen LogP contribution in [0.4, 0.5) is 0 Å². The van der Waals surface area contributed by atoms with Crippen molar-refractivity contribution < 1.29 is 0 Å². The molecular formula is C24H36. The first kappa shape index (κ1) is 19.0. The molecule has 0 heteroatoms. The first-order chi connectivity index (χ1) is 11.9. The van der Waals surface area contributed by atoms with E-state index in [0.717, 1.165) is 0 Å². The SMILES string of the molecule is CCCCCCCc1ccc2ccccc2c1CCCCCCC. The van der Waals surface area contributed by atoms with Crippen LogP contribution in [0.5, 0.6) is 0 Å². The van der Waals surface area contributed by atoms with Gasteiger partial charge in [0.05, 0.1) is 0 Å². The highest BCUT2D eigenvalue weighted by molar-refractivity contribution is 5.86. The smallest absolute Gasteiger partial charge is 0.0149 e. The lowest BCUT2D eigenvalue weighted by Crippen LogP contribution is -1.97. The van der Waals surface area contributed by atoms with Crippen LogP contribution in [-0.4, -0.2) is 0 Å². The largest absolute Gasteiger partial charge is 0.0654 e. The summed E-state index contributed by atoms with van der Waals surface area (Å²) < 4.78 is 0. The molecule has 0 heterocycles. The number of benzene rings is 2. The van der Waals surface area contributed by atoms with Crippen molar-refractivity contribution in [3.05, 3.63) is 47.5 Å². The zero-order chi connectivity index (χ0) is 17.0. The van der Waals surface area contributed by atoms with Crippen molar-refractivity contribution in [3.8, 4) is 0 Å². The molecule has 0 aromatic heterocycles. The van der Waals surface area contributed by atoms with Crippen LogP contribution in [0.2, 0.25) is 0 Å². The van der Waals surface area contributed by atoms with Crippen LogP contribution in [0.25, 0.3) is 10.8 Å². The summed E-state index contributed by atoms with van der Waals surface area (Å²) in [6.07, 6.45) is 16.2. The number of hydrogen-bond acceptors (Lipinski definition) is 0. The molecule has 0 fully saturated rings. The maximum Gasteiger partial charge on any atom is -0.0149 e. The van der Waals surface area contributed by atoms with Gasteiger partial charge in [0, 0.05) is 0 Å². The quantitative estimate of drug-likeness (QED) is 0.348. The van der Waals surface area contributed by atoms with E-state index in [9.17, 15) is 0 Å². The second-order valence-corrected chi connectivity index (χ2v) is 7.25.